The number of carbonyl (C=O) groups is 3. The third-order valence-corrected chi connectivity index (χ3v) is 3.47. The third kappa shape index (κ3) is 8.67. The lowest BCUT2D eigenvalue weighted by Gasteiger charge is -2.31. The predicted octanol–water partition coefficient (Wildman–Crippen LogP) is 2.66. The van der Waals surface area contributed by atoms with Crippen LogP contribution in [0.2, 0.25) is 0 Å². The molecular formula is C18H33N3O4. The standard InChI is InChI=1S/C18H33N3O4/c1-8-9-21(25)15(22)11-14(10-13(2)3)16(23)20(17(24)19-7)12-18(4,5)6/h8,13-14,25H,1,9-12H2,2-7H3,(H,19,24)/t14-/m1/s1. The summed E-state index contributed by atoms with van der Waals surface area (Å²) in [5.74, 6) is -1.48. The lowest BCUT2D eigenvalue weighted by molar-refractivity contribution is -0.165. The van der Waals surface area contributed by atoms with Gasteiger partial charge in [0.25, 0.3) is 0 Å². The maximum Gasteiger partial charge on any atom is 0.323 e. The first kappa shape index (κ1) is 23.1. The van der Waals surface area contributed by atoms with Crippen LogP contribution in [0.25, 0.3) is 0 Å². The number of nitrogens with zero attached hydrogens (tertiary/aromatic N) is 2. The van der Waals surface area contributed by atoms with E-state index in [1.54, 1.807) is 0 Å². The molecule has 0 saturated heterocycles. The molecule has 0 aliphatic heterocycles. The molecule has 0 aromatic heterocycles. The summed E-state index contributed by atoms with van der Waals surface area (Å²) < 4.78 is 0. The fourth-order valence-electron chi connectivity index (χ4n) is 2.46. The van der Waals surface area contributed by atoms with Crippen LogP contribution in [0.15, 0.2) is 12.7 Å². The molecule has 0 rings (SSSR count). The lowest BCUT2D eigenvalue weighted by atomic mass is 9.90. The van der Waals surface area contributed by atoms with Crippen LogP contribution in [0.1, 0.15) is 47.5 Å². The molecule has 7 nitrogen and oxygen atoms in total. The van der Waals surface area contributed by atoms with E-state index < -0.39 is 23.8 Å². The molecule has 2 N–H and O–H groups in total. The van der Waals surface area contributed by atoms with Crippen LogP contribution in [0.3, 0.4) is 0 Å². The molecule has 7 heteroatoms. The van der Waals surface area contributed by atoms with Crippen LogP contribution in [-0.4, -0.2) is 53.2 Å². The molecule has 0 aliphatic carbocycles. The van der Waals surface area contributed by atoms with Gasteiger partial charge >= 0.3 is 6.03 Å². The SMILES string of the molecule is C=CCN(O)C(=O)C[C@@H](CC(C)C)C(=O)N(CC(C)(C)C)C(=O)NC. The summed E-state index contributed by atoms with van der Waals surface area (Å²) in [4.78, 5) is 38.4. The summed E-state index contributed by atoms with van der Waals surface area (Å²) in [5, 5.41) is 12.7. The Labute approximate surface area is 151 Å². The molecular weight excluding hydrogens is 322 g/mol. The molecule has 0 unspecified atom stereocenters. The van der Waals surface area contributed by atoms with Crippen LogP contribution < -0.4 is 5.32 Å². The van der Waals surface area contributed by atoms with E-state index in [1.807, 2.05) is 34.6 Å². The van der Waals surface area contributed by atoms with Crippen LogP contribution in [0.4, 0.5) is 4.79 Å². The molecule has 1 atom stereocenters. The van der Waals surface area contributed by atoms with Crippen molar-refractivity contribution in [3.8, 4) is 0 Å². The van der Waals surface area contributed by atoms with Gasteiger partial charge in [-0.15, -0.1) is 6.58 Å². The number of rotatable bonds is 8. The largest absolute Gasteiger partial charge is 0.341 e. The number of imide groups is 1. The fraction of sp³-hybridized carbons (Fsp3) is 0.722. The Hall–Kier alpha value is -1.89. The Morgan fingerprint density at radius 3 is 2.20 bits per heavy atom. The van der Waals surface area contributed by atoms with E-state index >= 15 is 0 Å². The smallest absolute Gasteiger partial charge is 0.323 e. The quantitative estimate of drug-likeness (QED) is 0.398. The normalized spacial score (nSPS) is 12.5. The van der Waals surface area contributed by atoms with E-state index in [0.717, 1.165) is 4.90 Å². The minimum absolute atomic E-state index is 0.0113. The van der Waals surface area contributed by atoms with Crippen molar-refractivity contribution in [1.29, 1.82) is 0 Å². The maximum absolute atomic E-state index is 13.0. The average Bonchev–Trinajstić information content (AvgIpc) is 2.49. The third-order valence-electron chi connectivity index (χ3n) is 3.47. The average molecular weight is 355 g/mol. The van der Waals surface area contributed by atoms with Crippen molar-refractivity contribution in [2.75, 3.05) is 20.1 Å². The monoisotopic (exact) mass is 355 g/mol. The van der Waals surface area contributed by atoms with Crippen LogP contribution in [0, 0.1) is 17.3 Å². The van der Waals surface area contributed by atoms with E-state index in [4.69, 9.17) is 0 Å². The number of amides is 4. The van der Waals surface area contributed by atoms with Crippen molar-refractivity contribution in [3.05, 3.63) is 12.7 Å². The molecule has 0 saturated carbocycles. The van der Waals surface area contributed by atoms with Gasteiger partial charge in [0.05, 0.1) is 6.54 Å². The Bertz CT molecular complexity index is 483. The Kier molecular flexibility index (Phi) is 9.41. The molecule has 0 fully saturated rings. The van der Waals surface area contributed by atoms with E-state index in [0.29, 0.717) is 11.5 Å². The molecule has 0 aliphatic rings. The van der Waals surface area contributed by atoms with Crippen LogP contribution in [-0.2, 0) is 9.59 Å². The zero-order valence-electron chi connectivity index (χ0n) is 16.3. The van der Waals surface area contributed by atoms with Gasteiger partial charge in [0.1, 0.15) is 0 Å². The van der Waals surface area contributed by atoms with Gasteiger partial charge in [0.2, 0.25) is 11.8 Å². The van der Waals surface area contributed by atoms with Gasteiger partial charge in [-0.2, -0.15) is 0 Å². The first-order valence-electron chi connectivity index (χ1n) is 8.56. The zero-order chi connectivity index (χ0) is 19.8. The first-order valence-corrected chi connectivity index (χ1v) is 8.56. The number of carbonyl (C=O) groups excluding carboxylic acids is 3. The second-order valence-electron chi connectivity index (χ2n) is 7.84. The molecule has 0 spiro atoms. The summed E-state index contributed by atoms with van der Waals surface area (Å²) in [7, 11) is 1.47. The van der Waals surface area contributed by atoms with Gasteiger partial charge in [-0.05, 0) is 17.8 Å². The molecule has 0 aromatic rings. The molecule has 25 heavy (non-hydrogen) atoms. The number of hydroxylamine groups is 2. The topological polar surface area (TPSA) is 90.0 Å². The Morgan fingerprint density at radius 2 is 1.80 bits per heavy atom. The summed E-state index contributed by atoms with van der Waals surface area (Å²) in [6.45, 7) is 13.4. The zero-order valence-corrected chi connectivity index (χ0v) is 16.3. The molecule has 0 bridgehead atoms. The minimum atomic E-state index is -0.674. The van der Waals surface area contributed by atoms with Gasteiger partial charge in [-0.25, -0.2) is 9.86 Å². The summed E-state index contributed by atoms with van der Waals surface area (Å²) >= 11 is 0. The second kappa shape index (κ2) is 10.2. The molecule has 144 valence electrons. The summed E-state index contributed by atoms with van der Waals surface area (Å²) in [5.41, 5.74) is -0.277. The van der Waals surface area contributed by atoms with Gasteiger partial charge in [0.15, 0.2) is 0 Å². The van der Waals surface area contributed by atoms with Crippen LogP contribution >= 0.6 is 0 Å². The molecule has 4 amide bonds. The molecule has 0 aromatic carbocycles. The van der Waals surface area contributed by atoms with Crippen molar-refractivity contribution >= 4 is 17.8 Å². The maximum atomic E-state index is 13.0. The first-order chi connectivity index (χ1) is 11.4. The fourth-order valence-corrected chi connectivity index (χ4v) is 2.46. The number of hydrogen-bond donors (Lipinski definition) is 2. The van der Waals surface area contributed by atoms with Gasteiger partial charge in [-0.1, -0.05) is 40.7 Å². The molecule has 0 heterocycles. The van der Waals surface area contributed by atoms with Gasteiger partial charge in [0, 0.05) is 25.9 Å². The van der Waals surface area contributed by atoms with Crippen molar-refractivity contribution in [2.24, 2.45) is 17.3 Å². The highest BCUT2D eigenvalue weighted by atomic mass is 16.5. The van der Waals surface area contributed by atoms with E-state index in [9.17, 15) is 19.6 Å². The molecule has 0 radical (unpaired) electrons. The van der Waals surface area contributed by atoms with Gasteiger partial charge in [-0.3, -0.25) is 19.7 Å². The predicted molar refractivity (Wildman–Crippen MR) is 96.9 cm³/mol. The van der Waals surface area contributed by atoms with Crippen molar-refractivity contribution in [3.63, 3.8) is 0 Å². The van der Waals surface area contributed by atoms with Crippen molar-refractivity contribution < 1.29 is 19.6 Å². The highest BCUT2D eigenvalue weighted by Crippen LogP contribution is 2.23. The van der Waals surface area contributed by atoms with E-state index in [-0.39, 0.29) is 30.8 Å². The van der Waals surface area contributed by atoms with Gasteiger partial charge < -0.3 is 5.32 Å². The lowest BCUT2D eigenvalue weighted by Crippen LogP contribution is -2.49. The Balaban J connectivity index is 5.44. The second-order valence-corrected chi connectivity index (χ2v) is 7.84. The Morgan fingerprint density at radius 1 is 1.24 bits per heavy atom. The number of nitrogens with one attached hydrogen (secondary N) is 1. The minimum Gasteiger partial charge on any atom is -0.341 e. The van der Waals surface area contributed by atoms with E-state index in [1.165, 1.54) is 13.1 Å². The highest BCUT2D eigenvalue weighted by Gasteiger charge is 2.33. The number of hydrogen-bond acceptors (Lipinski definition) is 4. The number of urea groups is 1. The highest BCUT2D eigenvalue weighted by molar-refractivity contribution is 5.97. The van der Waals surface area contributed by atoms with E-state index in [2.05, 4.69) is 11.9 Å². The summed E-state index contributed by atoms with van der Waals surface area (Å²) in [6.07, 6.45) is 1.69. The van der Waals surface area contributed by atoms with Crippen LogP contribution in [0.5, 0.6) is 0 Å². The van der Waals surface area contributed by atoms with Crippen molar-refractivity contribution in [2.45, 2.75) is 47.5 Å². The van der Waals surface area contributed by atoms with Crippen molar-refractivity contribution in [1.82, 2.24) is 15.3 Å². The summed E-state index contributed by atoms with van der Waals surface area (Å²) in [6, 6.07) is -0.493.